The maximum absolute atomic E-state index is 13.6. The highest BCUT2D eigenvalue weighted by Crippen LogP contribution is 2.33. The molecule has 3 aromatic carbocycles. The van der Waals surface area contributed by atoms with Gasteiger partial charge in [-0.1, -0.05) is 60.2 Å². The summed E-state index contributed by atoms with van der Waals surface area (Å²) in [5.74, 6) is -1.71. The minimum absolute atomic E-state index is 0.0928. The number of rotatable bonds is 12. The second-order valence-corrected chi connectivity index (χ2v) is 13.9. The summed E-state index contributed by atoms with van der Waals surface area (Å²) >= 11 is 0. The number of amides is 1. The highest BCUT2D eigenvalue weighted by atomic mass is 32.2. The molecule has 1 N–H and O–H groups in total. The van der Waals surface area contributed by atoms with Gasteiger partial charge in [0, 0.05) is 12.0 Å². The van der Waals surface area contributed by atoms with Gasteiger partial charge < -0.3 is 14.8 Å². The van der Waals surface area contributed by atoms with Crippen LogP contribution in [0.5, 0.6) is 0 Å². The summed E-state index contributed by atoms with van der Waals surface area (Å²) in [6.07, 6.45) is -4.87. The number of hydrogen-bond donors (Lipinski definition) is 1. The zero-order chi connectivity index (χ0) is 36.9. The molecule has 0 fully saturated rings. The number of likely N-dealkylation sites (N-methyl/N-ethyl adjacent to an activating group) is 1. The lowest BCUT2D eigenvalue weighted by Gasteiger charge is -2.23. The molecular formula is C33H35F3N6O7S. The number of carbonyl (C=O) groups excluding carboxylic acids is 2. The van der Waals surface area contributed by atoms with Crippen LogP contribution in [0.15, 0.2) is 95.1 Å². The summed E-state index contributed by atoms with van der Waals surface area (Å²) in [6.45, 7) is 5.99. The number of alkyl halides is 3. The molecule has 1 atom stereocenters. The van der Waals surface area contributed by atoms with Crippen molar-refractivity contribution >= 4 is 21.9 Å². The van der Waals surface area contributed by atoms with E-state index in [0.717, 1.165) is 33.5 Å². The van der Waals surface area contributed by atoms with Crippen LogP contribution in [0.1, 0.15) is 37.6 Å². The molecule has 0 saturated carbocycles. The molecule has 4 aromatic rings. The summed E-state index contributed by atoms with van der Waals surface area (Å²) in [5, 5.41) is 20.5. The van der Waals surface area contributed by atoms with E-state index in [1.807, 2.05) is 11.6 Å². The first-order valence-corrected chi connectivity index (χ1v) is 16.5. The molecule has 0 aliphatic carbocycles. The molecular weight excluding hydrogens is 681 g/mol. The highest BCUT2D eigenvalue weighted by molar-refractivity contribution is 7.90. The Labute approximate surface area is 286 Å². The number of hydrazine groups is 1. The van der Waals surface area contributed by atoms with Gasteiger partial charge in [0.2, 0.25) is 5.28 Å². The molecule has 17 heteroatoms. The van der Waals surface area contributed by atoms with Gasteiger partial charge in [0.25, 0.3) is 22.7 Å². The third-order valence-electron chi connectivity index (χ3n) is 7.25. The highest BCUT2D eigenvalue weighted by Gasteiger charge is 2.36. The first-order valence-electron chi connectivity index (χ1n) is 15.0. The number of sulfonamides is 1. The van der Waals surface area contributed by atoms with Crippen molar-refractivity contribution in [3.63, 3.8) is 0 Å². The van der Waals surface area contributed by atoms with Gasteiger partial charge in [-0.25, -0.2) is 17.8 Å². The molecule has 0 radical (unpaired) electrons. The molecule has 0 spiro atoms. The molecule has 50 heavy (non-hydrogen) atoms. The SMILES string of the molecule is Cc1ccc(-c2cc(C(F)(F)F)nn2-c2ccc(S(=O)(=O)NC(=O)[C@H](Cc3ccccc3)N(C)/[N+]([O-])=N/OCOC(=O)C(C)(C)C)cc2)cc1. The number of nitrogens with zero attached hydrogens (tertiary/aromatic N) is 5. The first-order chi connectivity index (χ1) is 23.4. The summed E-state index contributed by atoms with van der Waals surface area (Å²) < 4.78 is 75.4. The normalized spacial score (nSPS) is 13.0. The minimum Gasteiger partial charge on any atom is -0.569 e. The van der Waals surface area contributed by atoms with Crippen LogP contribution in [0, 0.1) is 17.5 Å². The van der Waals surface area contributed by atoms with E-state index >= 15 is 0 Å². The Bertz CT molecular complexity index is 1940. The number of halogens is 3. The molecule has 266 valence electrons. The van der Waals surface area contributed by atoms with Gasteiger partial charge in [0.15, 0.2) is 11.7 Å². The molecule has 1 aromatic heterocycles. The lowest BCUT2D eigenvalue weighted by Crippen LogP contribution is -2.50. The number of aromatic nitrogens is 2. The largest absolute Gasteiger partial charge is 0.569 e. The maximum atomic E-state index is 13.6. The molecule has 0 aliphatic heterocycles. The Morgan fingerprint density at radius 2 is 1.64 bits per heavy atom. The number of ether oxygens (including phenoxy) is 1. The van der Waals surface area contributed by atoms with E-state index in [9.17, 15) is 36.4 Å². The van der Waals surface area contributed by atoms with E-state index in [4.69, 9.17) is 9.57 Å². The van der Waals surface area contributed by atoms with Crippen LogP contribution >= 0.6 is 0 Å². The number of nitrogens with one attached hydrogen (secondary N) is 1. The van der Waals surface area contributed by atoms with Crippen molar-refractivity contribution in [3.05, 3.63) is 107 Å². The summed E-state index contributed by atoms with van der Waals surface area (Å²) in [4.78, 5) is 29.7. The van der Waals surface area contributed by atoms with Gasteiger partial charge in [-0.3, -0.25) is 9.59 Å². The van der Waals surface area contributed by atoms with Gasteiger partial charge in [0.05, 0.1) is 33.7 Å². The van der Waals surface area contributed by atoms with Crippen molar-refractivity contribution in [2.45, 2.75) is 51.2 Å². The molecule has 0 aliphatic rings. The Balaban J connectivity index is 1.56. The fraction of sp³-hybridized carbons (Fsp3) is 0.303. The fourth-order valence-corrected chi connectivity index (χ4v) is 5.46. The summed E-state index contributed by atoms with van der Waals surface area (Å²) in [6, 6.07) is 19.4. The van der Waals surface area contributed by atoms with Crippen LogP contribution in [0.4, 0.5) is 13.2 Å². The van der Waals surface area contributed by atoms with Crippen LogP contribution in [-0.2, 0) is 41.8 Å². The van der Waals surface area contributed by atoms with Crippen LogP contribution in [-0.4, -0.2) is 59.9 Å². The topological polar surface area (TPSA) is 158 Å². The zero-order valence-electron chi connectivity index (χ0n) is 27.7. The van der Waals surface area contributed by atoms with E-state index in [1.165, 1.54) is 19.2 Å². The van der Waals surface area contributed by atoms with Gasteiger partial charge in [-0.2, -0.15) is 18.3 Å². The second-order valence-electron chi connectivity index (χ2n) is 12.2. The third kappa shape index (κ3) is 9.37. The van der Waals surface area contributed by atoms with Crippen molar-refractivity contribution in [2.75, 3.05) is 13.8 Å². The Morgan fingerprint density at radius 1 is 1.02 bits per heavy atom. The number of hydrogen-bond acceptors (Lipinski definition) is 9. The molecule has 4 rings (SSSR count). The minimum atomic E-state index is -4.74. The van der Waals surface area contributed by atoms with Gasteiger partial charge in [-0.15, -0.1) is 5.01 Å². The molecule has 1 heterocycles. The monoisotopic (exact) mass is 716 g/mol. The Morgan fingerprint density at radius 3 is 2.22 bits per heavy atom. The van der Waals surface area contributed by atoms with Crippen molar-refractivity contribution < 1.29 is 45.7 Å². The van der Waals surface area contributed by atoms with Crippen LogP contribution < -0.4 is 4.72 Å². The molecule has 1 amide bonds. The van der Waals surface area contributed by atoms with Crippen molar-refractivity contribution in [1.29, 1.82) is 0 Å². The smallest absolute Gasteiger partial charge is 0.435 e. The summed E-state index contributed by atoms with van der Waals surface area (Å²) in [5.41, 5.74) is 0.206. The van der Waals surface area contributed by atoms with Crippen molar-refractivity contribution in [2.24, 2.45) is 10.7 Å². The van der Waals surface area contributed by atoms with Gasteiger partial charge in [-0.05, 0) is 63.6 Å². The second kappa shape index (κ2) is 15.0. The molecule has 0 saturated heterocycles. The van der Waals surface area contributed by atoms with Gasteiger partial charge in [0.1, 0.15) is 0 Å². The Hall–Kier alpha value is -5.45. The lowest BCUT2D eigenvalue weighted by molar-refractivity contribution is -0.710. The molecule has 0 bridgehead atoms. The number of aryl methyl sites for hydroxylation is 1. The summed E-state index contributed by atoms with van der Waals surface area (Å²) in [7, 11) is -3.38. The number of benzene rings is 3. The predicted octanol–water partition coefficient (Wildman–Crippen LogP) is 5.57. The Kier molecular flexibility index (Phi) is 11.2. The predicted molar refractivity (Wildman–Crippen MR) is 173 cm³/mol. The molecule has 13 nitrogen and oxygen atoms in total. The average molecular weight is 717 g/mol. The quantitative estimate of drug-likeness (QED) is 0.0494. The average Bonchev–Trinajstić information content (AvgIpc) is 3.52. The molecule has 0 unspecified atom stereocenters. The lowest BCUT2D eigenvalue weighted by atomic mass is 9.98. The van der Waals surface area contributed by atoms with Crippen molar-refractivity contribution in [1.82, 2.24) is 19.5 Å². The van der Waals surface area contributed by atoms with E-state index in [1.54, 1.807) is 75.4 Å². The maximum Gasteiger partial charge on any atom is 0.435 e. The van der Waals surface area contributed by atoms with Crippen molar-refractivity contribution in [3.8, 4) is 16.9 Å². The van der Waals surface area contributed by atoms with E-state index < -0.39 is 52.0 Å². The zero-order valence-corrected chi connectivity index (χ0v) is 28.5. The van der Waals surface area contributed by atoms with E-state index in [2.05, 4.69) is 10.4 Å². The van der Waals surface area contributed by atoms with Crippen LogP contribution in [0.2, 0.25) is 0 Å². The fourth-order valence-electron chi connectivity index (χ4n) is 4.45. The third-order valence-corrected chi connectivity index (χ3v) is 8.61. The van der Waals surface area contributed by atoms with E-state index in [0.29, 0.717) is 11.1 Å². The first kappa shape index (κ1) is 37.4. The standard InChI is InChI=1S/C33H35F3N6O7S/c1-22-11-13-24(14-12-22)27-20-29(33(34,35)36)37-41(27)25-15-17-26(18-16-25)50(46,47)38-30(43)28(19-23-9-7-6-8-10-23)40(5)42(45)39-49-21-48-31(44)32(2,3)4/h6-18,20,28H,19,21H2,1-5H3,(H,38,43)/b42-39-/t28-/m0/s1. The van der Waals surface area contributed by atoms with Gasteiger partial charge >= 0.3 is 12.1 Å². The number of esters is 1. The van der Waals surface area contributed by atoms with Crippen LogP contribution in [0.25, 0.3) is 16.9 Å². The van der Waals surface area contributed by atoms with E-state index in [-0.39, 0.29) is 27.7 Å². The van der Waals surface area contributed by atoms with Crippen LogP contribution in [0.3, 0.4) is 0 Å². The number of carbonyl (C=O) groups is 2.